The number of piperidine rings is 2. The molecule has 4 atom stereocenters. The predicted octanol–water partition coefficient (Wildman–Crippen LogP) is 3.15. The van der Waals surface area contributed by atoms with Crippen molar-refractivity contribution in [3.63, 3.8) is 0 Å². The zero-order valence-corrected chi connectivity index (χ0v) is 20.1. The van der Waals surface area contributed by atoms with E-state index in [4.69, 9.17) is 19.7 Å². The number of alkyl halides is 2. The molecule has 8 nitrogen and oxygen atoms in total. The van der Waals surface area contributed by atoms with E-state index in [1.165, 1.54) is 9.80 Å². The van der Waals surface area contributed by atoms with E-state index >= 15 is 0 Å². The number of ether oxygens (including phenoxy) is 2. The third-order valence-corrected chi connectivity index (χ3v) is 5.12. The van der Waals surface area contributed by atoms with Crippen LogP contribution in [0.5, 0.6) is 0 Å². The summed E-state index contributed by atoms with van der Waals surface area (Å²) < 4.78 is 37.3. The summed E-state index contributed by atoms with van der Waals surface area (Å²) in [6.07, 6.45) is -2.32. The van der Waals surface area contributed by atoms with Crippen molar-refractivity contribution in [2.24, 2.45) is 11.8 Å². The number of halogens is 2. The highest BCUT2D eigenvalue weighted by Crippen LogP contribution is 2.23. The third kappa shape index (κ3) is 9.85. The number of hydrogen-bond donors (Lipinski definition) is 2. The molecule has 2 aliphatic rings. The summed E-state index contributed by atoms with van der Waals surface area (Å²) in [5.74, 6) is -0.697. The average Bonchev–Trinajstić information content (AvgIpc) is 2.65. The Kier molecular flexibility index (Phi) is 10.6. The fraction of sp³-hybridized carbons (Fsp3) is 0.909. The molecule has 0 saturated carbocycles. The molecule has 2 aliphatic heterocycles. The average molecular weight is 467 g/mol. The number of rotatable bonds is 2. The van der Waals surface area contributed by atoms with Gasteiger partial charge in [0, 0.05) is 38.1 Å². The maximum atomic E-state index is 13.5. The van der Waals surface area contributed by atoms with E-state index in [1.807, 2.05) is 0 Å². The Labute approximate surface area is 189 Å². The molecule has 0 aromatic rings. The van der Waals surface area contributed by atoms with Crippen molar-refractivity contribution in [1.29, 1.82) is 0 Å². The molecule has 0 bridgehead atoms. The maximum Gasteiger partial charge on any atom is 0.410 e. The zero-order valence-electron chi connectivity index (χ0n) is 20.1. The van der Waals surface area contributed by atoms with E-state index in [0.29, 0.717) is 25.9 Å². The molecule has 2 heterocycles. The molecular formula is C22H40F2N2O6. The van der Waals surface area contributed by atoms with Crippen LogP contribution < -0.4 is 0 Å². The van der Waals surface area contributed by atoms with Gasteiger partial charge in [-0.2, -0.15) is 0 Å². The lowest BCUT2D eigenvalue weighted by Crippen LogP contribution is -2.47. The van der Waals surface area contributed by atoms with Gasteiger partial charge in [-0.1, -0.05) is 0 Å². The molecule has 2 amide bonds. The highest BCUT2D eigenvalue weighted by Gasteiger charge is 2.34. The predicted molar refractivity (Wildman–Crippen MR) is 116 cm³/mol. The molecular weight excluding hydrogens is 426 g/mol. The van der Waals surface area contributed by atoms with Crippen molar-refractivity contribution in [2.75, 3.05) is 39.4 Å². The second kappa shape index (κ2) is 12.0. The molecule has 0 unspecified atom stereocenters. The van der Waals surface area contributed by atoms with E-state index in [9.17, 15) is 18.4 Å². The standard InChI is InChI=1S/2C11H20FNO3/c2*1-11(2,3)16-10(15)13-5-4-8(7-14)9(12)6-13/h2*8-9,14H,4-7H2,1-3H3/t2*8-,9+/m10/s1. The Morgan fingerprint density at radius 3 is 1.31 bits per heavy atom. The van der Waals surface area contributed by atoms with Gasteiger partial charge in [-0.05, 0) is 54.4 Å². The normalized spacial score (nSPS) is 26.7. The smallest absolute Gasteiger partial charge is 0.410 e. The van der Waals surface area contributed by atoms with Gasteiger partial charge in [0.05, 0.1) is 13.1 Å². The van der Waals surface area contributed by atoms with Gasteiger partial charge >= 0.3 is 12.2 Å². The van der Waals surface area contributed by atoms with Crippen molar-refractivity contribution < 1.29 is 38.1 Å². The molecule has 32 heavy (non-hydrogen) atoms. The van der Waals surface area contributed by atoms with Crippen LogP contribution in [0.4, 0.5) is 18.4 Å². The van der Waals surface area contributed by atoms with E-state index in [-0.39, 0.29) is 38.1 Å². The first kappa shape index (κ1) is 28.4. The number of aliphatic hydroxyl groups excluding tert-OH is 2. The molecule has 0 aromatic carbocycles. The lowest BCUT2D eigenvalue weighted by molar-refractivity contribution is -0.00156. The molecule has 10 heteroatoms. The third-order valence-electron chi connectivity index (χ3n) is 5.12. The molecule has 2 saturated heterocycles. The quantitative estimate of drug-likeness (QED) is 0.649. The van der Waals surface area contributed by atoms with Crippen molar-refractivity contribution >= 4 is 12.2 Å². The molecule has 2 fully saturated rings. The van der Waals surface area contributed by atoms with Crippen LogP contribution in [0.3, 0.4) is 0 Å². The molecule has 2 N–H and O–H groups in total. The summed E-state index contributed by atoms with van der Waals surface area (Å²) in [7, 11) is 0. The van der Waals surface area contributed by atoms with Crippen molar-refractivity contribution in [3.05, 3.63) is 0 Å². The number of hydrogen-bond acceptors (Lipinski definition) is 6. The summed E-state index contributed by atoms with van der Waals surface area (Å²) >= 11 is 0. The lowest BCUT2D eigenvalue weighted by Gasteiger charge is -2.34. The van der Waals surface area contributed by atoms with Crippen LogP contribution in [0.25, 0.3) is 0 Å². The van der Waals surface area contributed by atoms with E-state index in [2.05, 4.69) is 0 Å². The Morgan fingerprint density at radius 2 is 1.09 bits per heavy atom. The van der Waals surface area contributed by atoms with Crippen LogP contribution >= 0.6 is 0 Å². The van der Waals surface area contributed by atoms with E-state index < -0.39 is 35.7 Å². The summed E-state index contributed by atoms with van der Waals surface area (Å²) in [6, 6.07) is 0. The highest BCUT2D eigenvalue weighted by atomic mass is 19.1. The van der Waals surface area contributed by atoms with Crippen molar-refractivity contribution in [3.8, 4) is 0 Å². The Hall–Kier alpha value is -1.68. The molecule has 188 valence electrons. The van der Waals surface area contributed by atoms with E-state index in [0.717, 1.165) is 0 Å². The number of nitrogens with zero attached hydrogens (tertiary/aromatic N) is 2. The summed E-state index contributed by atoms with van der Waals surface area (Å²) in [4.78, 5) is 26.0. The first-order valence-corrected chi connectivity index (χ1v) is 11.1. The van der Waals surface area contributed by atoms with Crippen LogP contribution in [0.2, 0.25) is 0 Å². The first-order chi connectivity index (χ1) is 14.7. The highest BCUT2D eigenvalue weighted by molar-refractivity contribution is 5.68. The van der Waals surface area contributed by atoms with Crippen LogP contribution in [0.15, 0.2) is 0 Å². The largest absolute Gasteiger partial charge is 0.444 e. The van der Waals surface area contributed by atoms with Gasteiger partial charge in [0.2, 0.25) is 0 Å². The van der Waals surface area contributed by atoms with Crippen molar-refractivity contribution in [1.82, 2.24) is 9.80 Å². The van der Waals surface area contributed by atoms with Crippen LogP contribution in [0.1, 0.15) is 54.4 Å². The van der Waals surface area contributed by atoms with Crippen molar-refractivity contribution in [2.45, 2.75) is 77.9 Å². The minimum atomic E-state index is -1.16. The second-order valence-electron chi connectivity index (χ2n) is 10.3. The molecule has 0 aliphatic carbocycles. The fourth-order valence-corrected chi connectivity index (χ4v) is 3.30. The number of carbonyl (C=O) groups is 2. The fourth-order valence-electron chi connectivity index (χ4n) is 3.30. The lowest BCUT2D eigenvalue weighted by atomic mass is 9.96. The first-order valence-electron chi connectivity index (χ1n) is 11.1. The van der Waals surface area contributed by atoms with Crippen LogP contribution in [-0.4, -0.2) is 95.1 Å². The maximum absolute atomic E-state index is 13.5. The zero-order chi connectivity index (χ0) is 24.7. The number of likely N-dealkylation sites (tertiary alicyclic amines) is 2. The number of amides is 2. The summed E-state index contributed by atoms with van der Waals surface area (Å²) in [5.41, 5.74) is -1.12. The second-order valence-corrected chi connectivity index (χ2v) is 10.3. The van der Waals surface area contributed by atoms with E-state index in [1.54, 1.807) is 41.5 Å². The SMILES string of the molecule is CC(C)(C)OC(=O)N1CC[C@@H](CO)[C@H](F)C1.CC(C)(C)OC(=O)N1CC[C@H](CO)[C@@H](F)C1. The van der Waals surface area contributed by atoms with Gasteiger partial charge in [-0.3, -0.25) is 0 Å². The minimum Gasteiger partial charge on any atom is -0.444 e. The van der Waals surface area contributed by atoms with Gasteiger partial charge in [-0.15, -0.1) is 0 Å². The number of aliphatic hydroxyl groups is 2. The topological polar surface area (TPSA) is 99.5 Å². The van der Waals surface area contributed by atoms with Crippen LogP contribution in [-0.2, 0) is 9.47 Å². The molecule has 0 spiro atoms. The van der Waals surface area contributed by atoms with Gasteiger partial charge in [0.1, 0.15) is 23.5 Å². The Bertz CT molecular complexity index is 556. The molecule has 0 radical (unpaired) electrons. The molecule has 2 rings (SSSR count). The van der Waals surface area contributed by atoms with Gasteiger partial charge in [0.25, 0.3) is 0 Å². The summed E-state index contributed by atoms with van der Waals surface area (Å²) in [5, 5.41) is 17.8. The molecule has 0 aromatic heterocycles. The van der Waals surface area contributed by atoms with Gasteiger partial charge in [0.15, 0.2) is 0 Å². The van der Waals surface area contributed by atoms with Crippen LogP contribution in [0, 0.1) is 11.8 Å². The minimum absolute atomic E-state index is 0.0140. The van der Waals surface area contributed by atoms with Gasteiger partial charge in [-0.25, -0.2) is 18.4 Å². The van der Waals surface area contributed by atoms with Gasteiger partial charge < -0.3 is 29.5 Å². The Balaban J connectivity index is 0.000000320. The monoisotopic (exact) mass is 466 g/mol. The summed E-state index contributed by atoms with van der Waals surface area (Å²) in [6.45, 7) is 11.2. The number of carbonyl (C=O) groups excluding carboxylic acids is 2. The Morgan fingerprint density at radius 1 is 0.781 bits per heavy atom.